The number of rotatable bonds is 15. The fourth-order valence-electron chi connectivity index (χ4n) is 19.0. The second-order valence-corrected chi connectivity index (χ2v) is 32.2. The van der Waals surface area contributed by atoms with E-state index >= 15 is 0 Å². The molecule has 124 heavy (non-hydrogen) atoms. The predicted octanol–water partition coefficient (Wildman–Crippen LogP) is 33.1. The molecule has 0 N–H and O–H groups in total. The molecule has 578 valence electrons. The van der Waals surface area contributed by atoms with Crippen molar-refractivity contribution in [3.05, 3.63) is 449 Å². The van der Waals surface area contributed by atoms with Crippen molar-refractivity contribution in [2.45, 2.75) is 0 Å². The Kier molecular flexibility index (Phi) is 17.2. The van der Waals surface area contributed by atoms with Crippen molar-refractivity contribution in [2.24, 2.45) is 0 Å². The smallest absolute Gasteiger partial charge is 0.227 e. The summed E-state index contributed by atoms with van der Waals surface area (Å²) in [5.41, 5.74) is 27.0. The van der Waals surface area contributed by atoms with Gasteiger partial charge in [0.2, 0.25) is 11.8 Å². The Morgan fingerprint density at radius 2 is 0.556 bits per heavy atom. The minimum Gasteiger partial charge on any atom is -0.435 e. The van der Waals surface area contributed by atoms with Crippen molar-refractivity contribution in [1.29, 1.82) is 0 Å². The molecule has 0 atom stereocenters. The third kappa shape index (κ3) is 12.5. The van der Waals surface area contributed by atoms with Crippen LogP contribution in [0.5, 0.6) is 0 Å². The first-order valence-corrected chi connectivity index (χ1v) is 42.3. The molecular weight excluding hydrogens is 1510 g/mol. The van der Waals surface area contributed by atoms with Crippen molar-refractivity contribution in [3.63, 3.8) is 0 Å². The van der Waals surface area contributed by atoms with Crippen LogP contribution >= 0.6 is 0 Å². The number of hydrogen-bond donors (Lipinski definition) is 0. The standard InChI is InChI=1S/C118H74N4O2/c1-5-24-75(25-6-1)99-37-19-21-42-111(99)121(95-62-54-83-66-82(46-47-85(83)68-95)87-45-44-79-57-65-110-115(108(79)70-87)123-117(119-110)80-28-9-3-10-29-80)94-60-52-78(53-61-94)106-72-89-33-14-16-36-98(89)109-73-91(56-64-104(106)109)107-74-92-34-23-41-101(113(92)116-114(107)120-118(124-116)81-30-11-4-12-31-81)90-49-48-86-69-96(63-55-84(86)67-90)122(112-43-22-20-38-100(112)76-26-7-2-8-27-76)93-58-50-77(51-59-93)105-71-88-32-13-15-35-97(88)102-39-17-18-40-103(102)105/h1-74H. The number of hydrogen-bond acceptors (Lipinski definition) is 6. The number of nitrogens with zero attached hydrogens (tertiary/aromatic N) is 4. The van der Waals surface area contributed by atoms with Crippen LogP contribution < -0.4 is 9.80 Å². The maximum Gasteiger partial charge on any atom is 0.227 e. The molecule has 0 radical (unpaired) electrons. The van der Waals surface area contributed by atoms with Gasteiger partial charge in [-0.25, -0.2) is 9.97 Å². The Hall–Kier alpha value is -16.5. The Morgan fingerprint density at radius 3 is 1.15 bits per heavy atom. The summed E-state index contributed by atoms with van der Waals surface area (Å²) in [6, 6.07) is 163. The molecule has 2 aromatic heterocycles. The van der Waals surface area contributed by atoms with Crippen molar-refractivity contribution in [1.82, 2.24) is 9.97 Å². The van der Waals surface area contributed by atoms with Crippen LogP contribution in [0.4, 0.5) is 34.1 Å². The number of fused-ring (bicyclic) bond motifs is 14. The maximum atomic E-state index is 7.21. The molecule has 0 unspecified atom stereocenters. The van der Waals surface area contributed by atoms with Gasteiger partial charge in [-0.2, -0.15) is 0 Å². The average Bonchev–Trinajstić information content (AvgIpc) is 1.50. The molecule has 24 rings (SSSR count). The highest BCUT2D eigenvalue weighted by Crippen LogP contribution is 2.50. The topological polar surface area (TPSA) is 58.5 Å². The highest BCUT2D eigenvalue weighted by atomic mass is 16.4. The van der Waals surface area contributed by atoms with Crippen molar-refractivity contribution >= 4 is 143 Å². The van der Waals surface area contributed by atoms with E-state index in [4.69, 9.17) is 18.8 Å². The van der Waals surface area contributed by atoms with E-state index in [1.807, 2.05) is 54.6 Å². The van der Waals surface area contributed by atoms with E-state index in [2.05, 4.69) is 404 Å². The van der Waals surface area contributed by atoms with E-state index in [1.54, 1.807) is 0 Å². The second-order valence-electron chi connectivity index (χ2n) is 32.2. The zero-order valence-electron chi connectivity index (χ0n) is 67.3. The summed E-state index contributed by atoms with van der Waals surface area (Å²) in [5.74, 6) is 1.19. The minimum absolute atomic E-state index is 0.570. The van der Waals surface area contributed by atoms with Crippen molar-refractivity contribution in [3.8, 4) is 101 Å². The second kappa shape index (κ2) is 29.8. The third-order valence-electron chi connectivity index (χ3n) is 25.0. The van der Waals surface area contributed by atoms with Gasteiger partial charge in [0.15, 0.2) is 11.2 Å². The van der Waals surface area contributed by atoms with Crippen LogP contribution in [0.25, 0.3) is 209 Å². The Balaban J connectivity index is 0.585. The lowest BCUT2D eigenvalue weighted by molar-refractivity contribution is 0.622. The van der Waals surface area contributed by atoms with Gasteiger partial charge in [-0.3, -0.25) is 0 Å². The number of oxazole rings is 2. The molecule has 0 spiro atoms. The highest BCUT2D eigenvalue weighted by Gasteiger charge is 2.26. The number of para-hydroxylation sites is 2. The number of anilines is 6. The van der Waals surface area contributed by atoms with Crippen LogP contribution in [0.15, 0.2) is 458 Å². The first kappa shape index (κ1) is 71.6. The molecule has 0 aliphatic carbocycles. The summed E-state index contributed by atoms with van der Waals surface area (Å²) in [5, 5.41) is 18.3. The lowest BCUT2D eigenvalue weighted by atomic mass is 9.89. The Labute approximate surface area is 716 Å². The summed E-state index contributed by atoms with van der Waals surface area (Å²) in [7, 11) is 0. The number of benzene rings is 22. The maximum absolute atomic E-state index is 7.21. The molecule has 24 aromatic rings. The summed E-state index contributed by atoms with van der Waals surface area (Å²) in [6.07, 6.45) is 0. The van der Waals surface area contributed by atoms with E-state index in [0.29, 0.717) is 11.8 Å². The highest BCUT2D eigenvalue weighted by molar-refractivity contribution is 6.20. The molecule has 0 aliphatic rings. The minimum atomic E-state index is 0.570. The van der Waals surface area contributed by atoms with Gasteiger partial charge in [-0.05, 0) is 270 Å². The van der Waals surface area contributed by atoms with Gasteiger partial charge in [0.25, 0.3) is 0 Å². The first-order valence-electron chi connectivity index (χ1n) is 42.3. The van der Waals surface area contributed by atoms with Crippen LogP contribution in [-0.4, -0.2) is 9.97 Å². The van der Waals surface area contributed by atoms with Crippen molar-refractivity contribution in [2.75, 3.05) is 9.80 Å². The average molecular weight is 1580 g/mol. The SMILES string of the molecule is c1ccc(-c2nc3ccc4ccc(-c5ccc6cc(N(c7ccc(-c8cc9ccccc9c9cc(-c%10cc%11cccc(-c%12ccc%13cc(N(c%14ccc(-c%15cc%16ccccc%16c%16ccccc%15%16)cc%14)c%14ccccc%14-c%14ccccc%14)ccc%13c%12)c%11c%11oc(-c%12ccccc%12)nc%10%11)ccc89)cc7)c7ccccc7-c7ccccc7)ccc6c5)cc4c3o2)cc1. The van der Waals surface area contributed by atoms with Gasteiger partial charge in [0.1, 0.15) is 11.0 Å². The molecule has 0 saturated heterocycles. The van der Waals surface area contributed by atoms with E-state index in [1.165, 1.54) is 38.1 Å². The summed E-state index contributed by atoms with van der Waals surface area (Å²) in [6.45, 7) is 0. The normalized spacial score (nSPS) is 11.7. The molecule has 0 aliphatic heterocycles. The van der Waals surface area contributed by atoms with Gasteiger partial charge in [0.05, 0.1) is 11.4 Å². The lowest BCUT2D eigenvalue weighted by Crippen LogP contribution is -2.11. The van der Waals surface area contributed by atoms with E-state index in [9.17, 15) is 0 Å². The molecule has 0 bridgehead atoms. The van der Waals surface area contributed by atoms with Gasteiger partial charge >= 0.3 is 0 Å². The molecule has 0 fully saturated rings. The molecule has 6 nitrogen and oxygen atoms in total. The summed E-state index contributed by atoms with van der Waals surface area (Å²) >= 11 is 0. The fraction of sp³-hybridized carbons (Fsp3) is 0. The van der Waals surface area contributed by atoms with Gasteiger partial charge in [0, 0.05) is 61.3 Å². The van der Waals surface area contributed by atoms with Crippen LogP contribution in [0.1, 0.15) is 0 Å². The molecule has 6 heteroatoms. The number of aromatic nitrogens is 2. The Bertz CT molecular complexity index is 8350. The molecule has 22 aromatic carbocycles. The van der Waals surface area contributed by atoms with E-state index < -0.39 is 0 Å². The van der Waals surface area contributed by atoms with Gasteiger partial charge < -0.3 is 18.6 Å². The predicted molar refractivity (Wildman–Crippen MR) is 520 cm³/mol. The monoisotopic (exact) mass is 1580 g/mol. The van der Waals surface area contributed by atoms with Gasteiger partial charge in [-0.15, -0.1) is 0 Å². The van der Waals surface area contributed by atoms with Crippen molar-refractivity contribution < 1.29 is 8.83 Å². The van der Waals surface area contributed by atoms with Crippen LogP contribution in [0.3, 0.4) is 0 Å². The molecule has 2 heterocycles. The van der Waals surface area contributed by atoms with Crippen LogP contribution in [0.2, 0.25) is 0 Å². The van der Waals surface area contributed by atoms with E-state index in [-0.39, 0.29) is 0 Å². The lowest BCUT2D eigenvalue weighted by Gasteiger charge is -2.28. The quantitative estimate of drug-likeness (QED) is 0.0954. The zero-order valence-corrected chi connectivity index (χ0v) is 67.3. The van der Waals surface area contributed by atoms with E-state index in [0.717, 1.165) is 193 Å². The molecule has 0 amide bonds. The largest absolute Gasteiger partial charge is 0.435 e. The van der Waals surface area contributed by atoms with Crippen LogP contribution in [0, 0.1) is 0 Å². The van der Waals surface area contributed by atoms with Gasteiger partial charge in [-0.1, -0.05) is 315 Å². The molecular formula is C118H74N4O2. The molecule has 0 saturated carbocycles. The summed E-state index contributed by atoms with van der Waals surface area (Å²) in [4.78, 5) is 15.2. The zero-order chi connectivity index (χ0) is 81.7. The summed E-state index contributed by atoms with van der Waals surface area (Å²) < 4.78 is 13.7. The first-order chi connectivity index (χ1) is 61.4. The van der Waals surface area contributed by atoms with Crippen LogP contribution in [-0.2, 0) is 0 Å². The fourth-order valence-corrected chi connectivity index (χ4v) is 19.0. The third-order valence-corrected chi connectivity index (χ3v) is 25.0. The Morgan fingerprint density at radius 1 is 0.177 bits per heavy atom.